The van der Waals surface area contributed by atoms with Crippen molar-refractivity contribution in [1.29, 1.82) is 0 Å². The van der Waals surface area contributed by atoms with Crippen molar-refractivity contribution in [3.05, 3.63) is 30.3 Å². The van der Waals surface area contributed by atoms with Gasteiger partial charge in [-0.15, -0.1) is 0 Å². The fourth-order valence-corrected chi connectivity index (χ4v) is 1.99. The van der Waals surface area contributed by atoms with Crippen LogP contribution >= 0.6 is 0 Å². The Bertz CT molecular complexity index is 302. The fourth-order valence-electron chi connectivity index (χ4n) is 1.99. The number of ether oxygens (including phenoxy) is 1. The van der Waals surface area contributed by atoms with Crippen LogP contribution in [0.1, 0.15) is 6.92 Å². The van der Waals surface area contributed by atoms with Crippen LogP contribution in [0.3, 0.4) is 0 Å². The molecule has 0 radical (unpaired) electrons. The van der Waals surface area contributed by atoms with Crippen LogP contribution in [0, 0.1) is 0 Å². The number of piperazine rings is 1. The predicted molar refractivity (Wildman–Crippen MR) is 62.0 cm³/mol. The summed E-state index contributed by atoms with van der Waals surface area (Å²) < 4.78 is 5.47. The summed E-state index contributed by atoms with van der Waals surface area (Å²) >= 11 is 0. The van der Waals surface area contributed by atoms with E-state index in [-0.39, 0.29) is 6.23 Å². The van der Waals surface area contributed by atoms with Crippen molar-refractivity contribution >= 4 is 5.69 Å². The summed E-state index contributed by atoms with van der Waals surface area (Å²) in [5.41, 5.74) is 1.23. The van der Waals surface area contributed by atoms with Crippen LogP contribution in [-0.2, 0) is 4.74 Å². The molecule has 2 rings (SSSR count). The maximum Gasteiger partial charge on any atom is 0.142 e. The van der Waals surface area contributed by atoms with Crippen LogP contribution in [0.15, 0.2) is 30.3 Å². The molecular weight excluding hydrogens is 188 g/mol. The number of nitrogens with zero attached hydrogens (tertiary/aromatic N) is 1. The van der Waals surface area contributed by atoms with Crippen molar-refractivity contribution in [3.63, 3.8) is 0 Å². The number of rotatable bonds is 2. The summed E-state index contributed by atoms with van der Waals surface area (Å²) in [5.74, 6) is 0. The highest BCUT2D eigenvalue weighted by atomic mass is 16.5. The maximum absolute atomic E-state index is 5.47. The third-order valence-electron chi connectivity index (χ3n) is 2.82. The zero-order valence-electron chi connectivity index (χ0n) is 9.31. The molecule has 0 aliphatic carbocycles. The number of nitrogens with one attached hydrogen (secondary N) is 1. The quantitative estimate of drug-likeness (QED) is 0.792. The Kier molecular flexibility index (Phi) is 3.23. The van der Waals surface area contributed by atoms with Crippen LogP contribution in [0.2, 0.25) is 0 Å². The standard InChI is InChI=1S/C12H18N2O/c1-10-9-14(12(15-2)8-13-10)11-6-4-3-5-7-11/h3-7,10,12-13H,8-9H2,1-2H3. The van der Waals surface area contributed by atoms with E-state index in [1.54, 1.807) is 7.11 Å². The second kappa shape index (κ2) is 4.64. The van der Waals surface area contributed by atoms with Gasteiger partial charge in [-0.3, -0.25) is 0 Å². The monoisotopic (exact) mass is 206 g/mol. The van der Waals surface area contributed by atoms with Crippen molar-refractivity contribution in [2.45, 2.75) is 19.2 Å². The molecule has 0 aromatic heterocycles. The molecule has 0 saturated carbocycles. The van der Waals surface area contributed by atoms with E-state index in [0.29, 0.717) is 6.04 Å². The van der Waals surface area contributed by atoms with Crippen molar-refractivity contribution in [2.75, 3.05) is 25.1 Å². The van der Waals surface area contributed by atoms with E-state index in [1.165, 1.54) is 5.69 Å². The minimum atomic E-state index is 0.142. The van der Waals surface area contributed by atoms with Gasteiger partial charge in [0, 0.05) is 31.9 Å². The number of para-hydroxylation sites is 1. The molecule has 0 spiro atoms. The van der Waals surface area contributed by atoms with Crippen molar-refractivity contribution in [1.82, 2.24) is 5.32 Å². The van der Waals surface area contributed by atoms with Crippen LogP contribution in [0.4, 0.5) is 5.69 Å². The molecule has 3 heteroatoms. The molecule has 1 fully saturated rings. The summed E-state index contributed by atoms with van der Waals surface area (Å²) in [5, 5.41) is 3.42. The Balaban J connectivity index is 2.17. The number of hydrogen-bond acceptors (Lipinski definition) is 3. The smallest absolute Gasteiger partial charge is 0.142 e. The largest absolute Gasteiger partial charge is 0.360 e. The summed E-state index contributed by atoms with van der Waals surface area (Å²) in [4.78, 5) is 2.31. The zero-order chi connectivity index (χ0) is 10.7. The number of methoxy groups -OCH3 is 1. The van der Waals surface area contributed by atoms with Crippen LogP contribution in [0.5, 0.6) is 0 Å². The highest BCUT2D eigenvalue weighted by Crippen LogP contribution is 2.19. The van der Waals surface area contributed by atoms with Crippen molar-refractivity contribution in [3.8, 4) is 0 Å². The van der Waals surface area contributed by atoms with Gasteiger partial charge < -0.3 is 15.0 Å². The molecule has 2 atom stereocenters. The van der Waals surface area contributed by atoms with Gasteiger partial charge >= 0.3 is 0 Å². The van der Waals surface area contributed by atoms with E-state index < -0.39 is 0 Å². The first-order valence-corrected chi connectivity index (χ1v) is 5.39. The molecule has 1 aliphatic rings. The topological polar surface area (TPSA) is 24.5 Å². The fraction of sp³-hybridized carbons (Fsp3) is 0.500. The molecule has 1 aromatic rings. The lowest BCUT2D eigenvalue weighted by Gasteiger charge is -2.39. The van der Waals surface area contributed by atoms with Crippen molar-refractivity contribution in [2.24, 2.45) is 0 Å². The lowest BCUT2D eigenvalue weighted by atomic mass is 10.2. The second-order valence-electron chi connectivity index (χ2n) is 3.99. The average molecular weight is 206 g/mol. The highest BCUT2D eigenvalue weighted by Gasteiger charge is 2.25. The van der Waals surface area contributed by atoms with Gasteiger partial charge in [0.25, 0.3) is 0 Å². The second-order valence-corrected chi connectivity index (χ2v) is 3.99. The molecule has 1 aliphatic heterocycles. The molecule has 1 N–H and O–H groups in total. The predicted octanol–water partition coefficient (Wildman–Crippen LogP) is 1.46. The van der Waals surface area contributed by atoms with E-state index in [0.717, 1.165) is 13.1 Å². The first-order valence-electron chi connectivity index (χ1n) is 5.39. The number of benzene rings is 1. The van der Waals surface area contributed by atoms with E-state index in [9.17, 15) is 0 Å². The molecule has 3 nitrogen and oxygen atoms in total. The SMILES string of the molecule is COC1CNC(C)CN1c1ccccc1. The van der Waals surface area contributed by atoms with Gasteiger partial charge in [-0.05, 0) is 19.1 Å². The zero-order valence-corrected chi connectivity index (χ0v) is 9.31. The molecule has 1 aromatic carbocycles. The summed E-state index contributed by atoms with van der Waals surface area (Å²) in [6.07, 6.45) is 0.142. The Hall–Kier alpha value is -1.06. The van der Waals surface area contributed by atoms with E-state index >= 15 is 0 Å². The first kappa shape index (κ1) is 10.5. The molecule has 2 unspecified atom stereocenters. The van der Waals surface area contributed by atoms with Gasteiger partial charge in [-0.2, -0.15) is 0 Å². The Morgan fingerprint density at radius 1 is 1.33 bits per heavy atom. The molecule has 15 heavy (non-hydrogen) atoms. The third kappa shape index (κ3) is 2.30. The van der Waals surface area contributed by atoms with Gasteiger partial charge in [-0.25, -0.2) is 0 Å². The number of hydrogen-bond donors (Lipinski definition) is 1. The Morgan fingerprint density at radius 3 is 2.73 bits per heavy atom. The van der Waals surface area contributed by atoms with Gasteiger partial charge in [0.1, 0.15) is 6.23 Å². The Morgan fingerprint density at radius 2 is 2.07 bits per heavy atom. The highest BCUT2D eigenvalue weighted by molar-refractivity contribution is 5.47. The maximum atomic E-state index is 5.47. The third-order valence-corrected chi connectivity index (χ3v) is 2.82. The van der Waals surface area contributed by atoms with E-state index in [1.807, 2.05) is 6.07 Å². The molecule has 82 valence electrons. The minimum Gasteiger partial charge on any atom is -0.360 e. The van der Waals surface area contributed by atoms with Crippen LogP contribution in [-0.4, -0.2) is 32.5 Å². The van der Waals surface area contributed by atoms with E-state index in [4.69, 9.17) is 4.74 Å². The lowest BCUT2D eigenvalue weighted by molar-refractivity contribution is 0.0809. The summed E-state index contributed by atoms with van der Waals surface area (Å²) in [6, 6.07) is 10.9. The first-order chi connectivity index (χ1) is 7.31. The lowest BCUT2D eigenvalue weighted by Crippen LogP contribution is -2.56. The van der Waals surface area contributed by atoms with E-state index in [2.05, 4.69) is 41.4 Å². The molecular formula is C12H18N2O. The Labute approximate surface area is 91.0 Å². The van der Waals surface area contributed by atoms with Gasteiger partial charge in [-0.1, -0.05) is 18.2 Å². The normalized spacial score (nSPS) is 26.7. The van der Waals surface area contributed by atoms with Gasteiger partial charge in [0.05, 0.1) is 0 Å². The molecule has 0 bridgehead atoms. The number of anilines is 1. The average Bonchev–Trinajstić information content (AvgIpc) is 2.30. The summed E-state index contributed by atoms with van der Waals surface area (Å²) in [7, 11) is 1.76. The summed E-state index contributed by atoms with van der Waals surface area (Å²) in [6.45, 7) is 4.07. The van der Waals surface area contributed by atoms with Crippen LogP contribution in [0.25, 0.3) is 0 Å². The van der Waals surface area contributed by atoms with Gasteiger partial charge in [0.2, 0.25) is 0 Å². The molecule has 0 amide bonds. The van der Waals surface area contributed by atoms with Gasteiger partial charge in [0.15, 0.2) is 0 Å². The van der Waals surface area contributed by atoms with Crippen molar-refractivity contribution < 1.29 is 4.74 Å². The molecule has 1 saturated heterocycles. The molecule has 1 heterocycles. The minimum absolute atomic E-state index is 0.142. The van der Waals surface area contributed by atoms with Crippen LogP contribution < -0.4 is 10.2 Å².